The van der Waals surface area contributed by atoms with Crippen molar-refractivity contribution in [2.24, 2.45) is 5.73 Å². The van der Waals surface area contributed by atoms with Crippen LogP contribution in [-0.2, 0) is 5.54 Å². The molecule has 0 saturated heterocycles. The van der Waals surface area contributed by atoms with Crippen LogP contribution in [0.5, 0.6) is 0 Å². The molecule has 1 aliphatic rings. The third kappa shape index (κ3) is 1.76. The second-order valence-electron chi connectivity index (χ2n) is 3.40. The standard InChI is InChI=1S/C9H11FN2.ClH/c10-8-5-6(11)1-2-7(8)9(12)3-4-9;/h1-2,5H,3-4,11-12H2;1H. The summed E-state index contributed by atoms with van der Waals surface area (Å²) in [5.74, 6) is -0.282. The van der Waals surface area contributed by atoms with Crippen molar-refractivity contribution in [3.63, 3.8) is 0 Å². The van der Waals surface area contributed by atoms with Gasteiger partial charge in [-0.05, 0) is 25.0 Å². The highest BCUT2D eigenvalue weighted by atomic mass is 35.5. The highest BCUT2D eigenvalue weighted by molar-refractivity contribution is 5.85. The van der Waals surface area contributed by atoms with Crippen molar-refractivity contribution in [3.05, 3.63) is 29.6 Å². The van der Waals surface area contributed by atoms with Gasteiger partial charge in [-0.25, -0.2) is 4.39 Å². The molecule has 0 aromatic heterocycles. The van der Waals surface area contributed by atoms with E-state index in [-0.39, 0.29) is 18.2 Å². The van der Waals surface area contributed by atoms with Crippen molar-refractivity contribution in [2.45, 2.75) is 18.4 Å². The third-order valence-electron chi connectivity index (χ3n) is 2.32. The summed E-state index contributed by atoms with van der Waals surface area (Å²) >= 11 is 0. The van der Waals surface area contributed by atoms with Gasteiger partial charge in [-0.3, -0.25) is 0 Å². The maximum Gasteiger partial charge on any atom is 0.130 e. The van der Waals surface area contributed by atoms with Gasteiger partial charge in [0, 0.05) is 16.8 Å². The number of rotatable bonds is 1. The first-order valence-electron chi connectivity index (χ1n) is 3.96. The van der Waals surface area contributed by atoms with Crippen LogP contribution in [0.4, 0.5) is 10.1 Å². The Kier molecular flexibility index (Phi) is 2.50. The predicted octanol–water partition coefficient (Wildman–Crippen LogP) is 1.78. The van der Waals surface area contributed by atoms with Crippen LogP contribution in [0.25, 0.3) is 0 Å². The third-order valence-corrected chi connectivity index (χ3v) is 2.32. The van der Waals surface area contributed by atoms with Crippen molar-refractivity contribution in [1.29, 1.82) is 0 Å². The van der Waals surface area contributed by atoms with E-state index in [9.17, 15) is 4.39 Å². The summed E-state index contributed by atoms with van der Waals surface area (Å²) < 4.78 is 13.2. The molecule has 4 N–H and O–H groups in total. The molecule has 0 amide bonds. The molecule has 1 fully saturated rings. The number of anilines is 1. The van der Waals surface area contributed by atoms with E-state index < -0.39 is 5.54 Å². The molecule has 1 aliphatic carbocycles. The van der Waals surface area contributed by atoms with Crippen molar-refractivity contribution >= 4 is 18.1 Å². The summed E-state index contributed by atoms with van der Waals surface area (Å²) in [4.78, 5) is 0. The van der Waals surface area contributed by atoms with Crippen LogP contribution in [0.2, 0.25) is 0 Å². The Morgan fingerprint density at radius 2 is 1.92 bits per heavy atom. The normalized spacial score (nSPS) is 17.7. The molecule has 1 aromatic carbocycles. The molecular formula is C9H12ClFN2. The summed E-state index contributed by atoms with van der Waals surface area (Å²) in [6.45, 7) is 0. The highest BCUT2D eigenvalue weighted by Gasteiger charge is 2.41. The smallest absolute Gasteiger partial charge is 0.130 e. The minimum atomic E-state index is -0.405. The van der Waals surface area contributed by atoms with Crippen molar-refractivity contribution in [2.75, 3.05) is 5.73 Å². The first kappa shape index (κ1) is 10.3. The Balaban J connectivity index is 0.000000845. The summed E-state index contributed by atoms with van der Waals surface area (Å²) in [6, 6.07) is 4.69. The molecule has 4 heteroatoms. The number of nitrogens with two attached hydrogens (primary N) is 2. The fraction of sp³-hybridized carbons (Fsp3) is 0.333. The van der Waals surface area contributed by atoms with Gasteiger partial charge in [-0.1, -0.05) is 6.07 Å². The zero-order valence-electron chi connectivity index (χ0n) is 7.09. The maximum absolute atomic E-state index is 13.2. The number of benzene rings is 1. The number of hydrogen-bond donors (Lipinski definition) is 2. The molecule has 1 saturated carbocycles. The summed E-state index contributed by atoms with van der Waals surface area (Å²) in [7, 11) is 0. The molecule has 2 nitrogen and oxygen atoms in total. The summed E-state index contributed by atoms with van der Waals surface area (Å²) in [5, 5.41) is 0. The molecule has 0 atom stereocenters. The van der Waals surface area contributed by atoms with E-state index >= 15 is 0 Å². The molecular weight excluding hydrogens is 191 g/mol. The number of halogens is 2. The van der Waals surface area contributed by atoms with E-state index in [0.29, 0.717) is 11.3 Å². The van der Waals surface area contributed by atoms with Gasteiger partial charge >= 0.3 is 0 Å². The van der Waals surface area contributed by atoms with Crippen LogP contribution in [0.15, 0.2) is 18.2 Å². The molecule has 1 aromatic rings. The Bertz CT molecular complexity index is 323. The maximum atomic E-state index is 13.2. The minimum absolute atomic E-state index is 0. The highest BCUT2D eigenvalue weighted by Crippen LogP contribution is 2.43. The van der Waals surface area contributed by atoms with E-state index in [2.05, 4.69) is 0 Å². The second kappa shape index (κ2) is 3.16. The molecule has 0 heterocycles. The molecule has 0 radical (unpaired) electrons. The molecule has 0 unspecified atom stereocenters. The minimum Gasteiger partial charge on any atom is -0.399 e. The predicted molar refractivity (Wildman–Crippen MR) is 53.2 cm³/mol. The topological polar surface area (TPSA) is 52.0 Å². The van der Waals surface area contributed by atoms with Crippen molar-refractivity contribution < 1.29 is 4.39 Å². The summed E-state index contributed by atoms with van der Waals surface area (Å²) in [6.07, 6.45) is 1.74. The van der Waals surface area contributed by atoms with Gasteiger partial charge in [0.25, 0.3) is 0 Å². The van der Waals surface area contributed by atoms with Crippen molar-refractivity contribution in [3.8, 4) is 0 Å². The molecule has 0 spiro atoms. The van der Waals surface area contributed by atoms with Crippen LogP contribution in [0.3, 0.4) is 0 Å². The zero-order chi connectivity index (χ0) is 8.77. The molecule has 2 rings (SSSR count). The van der Waals surface area contributed by atoms with Crippen LogP contribution in [0, 0.1) is 5.82 Å². The molecule has 0 aliphatic heterocycles. The van der Waals surface area contributed by atoms with E-state index in [4.69, 9.17) is 11.5 Å². The SMILES string of the molecule is Cl.Nc1ccc(C2(N)CC2)c(F)c1. The lowest BCUT2D eigenvalue weighted by atomic mass is 10.1. The average molecular weight is 203 g/mol. The van der Waals surface area contributed by atoms with Crippen LogP contribution in [0.1, 0.15) is 18.4 Å². The van der Waals surface area contributed by atoms with Gasteiger partial charge in [0.2, 0.25) is 0 Å². The van der Waals surface area contributed by atoms with E-state index in [1.807, 2.05) is 0 Å². The van der Waals surface area contributed by atoms with Gasteiger partial charge in [0.15, 0.2) is 0 Å². The zero-order valence-corrected chi connectivity index (χ0v) is 7.90. The van der Waals surface area contributed by atoms with Gasteiger partial charge in [0.05, 0.1) is 0 Å². The Morgan fingerprint density at radius 3 is 2.38 bits per heavy atom. The largest absolute Gasteiger partial charge is 0.399 e. The van der Waals surface area contributed by atoms with Gasteiger partial charge in [-0.2, -0.15) is 0 Å². The van der Waals surface area contributed by atoms with E-state index in [1.54, 1.807) is 12.1 Å². The monoisotopic (exact) mass is 202 g/mol. The van der Waals surface area contributed by atoms with Crippen molar-refractivity contribution in [1.82, 2.24) is 0 Å². The van der Waals surface area contributed by atoms with Crippen LogP contribution >= 0.6 is 12.4 Å². The number of hydrogen-bond acceptors (Lipinski definition) is 2. The molecule has 13 heavy (non-hydrogen) atoms. The molecule has 0 bridgehead atoms. The number of nitrogen functional groups attached to an aromatic ring is 1. The Hall–Kier alpha value is -0.800. The first-order valence-corrected chi connectivity index (χ1v) is 3.96. The molecule has 72 valence electrons. The second-order valence-corrected chi connectivity index (χ2v) is 3.40. The fourth-order valence-electron chi connectivity index (χ4n) is 1.34. The lowest BCUT2D eigenvalue weighted by Crippen LogP contribution is -2.20. The average Bonchev–Trinajstić information content (AvgIpc) is 2.68. The lowest BCUT2D eigenvalue weighted by Gasteiger charge is -2.10. The quantitative estimate of drug-likeness (QED) is 0.682. The van der Waals surface area contributed by atoms with Crippen LogP contribution < -0.4 is 11.5 Å². The fourth-order valence-corrected chi connectivity index (χ4v) is 1.34. The summed E-state index contributed by atoms with van der Waals surface area (Å²) in [5.41, 5.74) is 11.9. The lowest BCUT2D eigenvalue weighted by molar-refractivity contribution is 0.579. The van der Waals surface area contributed by atoms with Gasteiger partial charge in [-0.15, -0.1) is 12.4 Å². The van der Waals surface area contributed by atoms with E-state index in [1.165, 1.54) is 6.07 Å². The van der Waals surface area contributed by atoms with Crippen LogP contribution in [-0.4, -0.2) is 0 Å². The Labute approximate surface area is 82.5 Å². The first-order chi connectivity index (χ1) is 5.62. The van der Waals surface area contributed by atoms with E-state index in [0.717, 1.165) is 12.8 Å². The van der Waals surface area contributed by atoms with Gasteiger partial charge in [0.1, 0.15) is 5.82 Å². The Morgan fingerprint density at radius 1 is 1.31 bits per heavy atom. The van der Waals surface area contributed by atoms with Gasteiger partial charge < -0.3 is 11.5 Å².